The fourth-order valence-corrected chi connectivity index (χ4v) is 3.97. The zero-order chi connectivity index (χ0) is 23.0. The second-order valence-electron chi connectivity index (χ2n) is 7.14. The summed E-state index contributed by atoms with van der Waals surface area (Å²) in [5.41, 5.74) is 2.18. The summed E-state index contributed by atoms with van der Waals surface area (Å²) in [5, 5.41) is 21.8. The van der Waals surface area contributed by atoms with E-state index in [1.54, 1.807) is 67.1 Å². The molecule has 3 N–H and O–H groups in total. The number of amides is 1. The molecule has 0 spiro atoms. The van der Waals surface area contributed by atoms with E-state index >= 15 is 0 Å². The van der Waals surface area contributed by atoms with E-state index in [1.165, 1.54) is 11.3 Å². The third-order valence-corrected chi connectivity index (χ3v) is 5.84. The maximum atomic E-state index is 13.0. The van der Waals surface area contributed by atoms with Gasteiger partial charge in [0.15, 0.2) is 0 Å². The average Bonchev–Trinajstić information content (AvgIpc) is 3.33. The molecule has 1 unspecified atom stereocenters. The Morgan fingerprint density at radius 2 is 1.88 bits per heavy atom. The van der Waals surface area contributed by atoms with Crippen LogP contribution in [-0.2, 0) is 0 Å². The Hall–Kier alpha value is -4.28. The van der Waals surface area contributed by atoms with Crippen molar-refractivity contribution in [2.24, 2.45) is 0 Å². The van der Waals surface area contributed by atoms with Crippen LogP contribution in [0.25, 0.3) is 0 Å². The molecule has 0 radical (unpaired) electrons. The first-order valence-electron chi connectivity index (χ1n) is 10.2. The van der Waals surface area contributed by atoms with E-state index in [9.17, 15) is 9.90 Å². The molecule has 0 saturated carbocycles. The first-order chi connectivity index (χ1) is 16.1. The molecule has 1 aromatic carbocycles. The molecule has 0 bridgehead atoms. The molecular weight excluding hydrogens is 432 g/mol. The lowest BCUT2D eigenvalue weighted by Gasteiger charge is -2.20. The van der Waals surface area contributed by atoms with Gasteiger partial charge >= 0.3 is 0 Å². The van der Waals surface area contributed by atoms with Gasteiger partial charge in [-0.2, -0.15) is 0 Å². The summed E-state index contributed by atoms with van der Waals surface area (Å²) in [6, 6.07) is 18.8. The molecule has 3 aromatic heterocycles. The summed E-state index contributed by atoms with van der Waals surface area (Å²) in [6.45, 7) is 0. The van der Waals surface area contributed by atoms with Gasteiger partial charge in [0.1, 0.15) is 11.4 Å². The molecule has 0 saturated heterocycles. The Morgan fingerprint density at radius 3 is 2.64 bits per heavy atom. The topological polar surface area (TPSA) is 99.0 Å². The number of hydrogen-bond acceptors (Lipinski definition) is 6. The van der Waals surface area contributed by atoms with Gasteiger partial charge in [0.2, 0.25) is 0 Å². The summed E-state index contributed by atoms with van der Waals surface area (Å²) in [7, 11) is 0. The third-order valence-electron chi connectivity index (χ3n) is 4.84. The fourth-order valence-electron chi connectivity index (χ4n) is 3.20. The van der Waals surface area contributed by atoms with Crippen molar-refractivity contribution in [1.82, 2.24) is 15.3 Å². The maximum absolute atomic E-state index is 13.0. The molecule has 0 aliphatic rings. The van der Waals surface area contributed by atoms with Crippen molar-refractivity contribution in [1.29, 1.82) is 5.41 Å². The first kappa shape index (κ1) is 21.9. The van der Waals surface area contributed by atoms with E-state index in [0.29, 0.717) is 27.4 Å². The Morgan fingerprint density at radius 1 is 1.03 bits per heavy atom. The van der Waals surface area contributed by atoms with Crippen LogP contribution in [0.1, 0.15) is 43.8 Å². The Kier molecular flexibility index (Phi) is 6.88. The molecule has 6 nitrogen and oxygen atoms in total. The van der Waals surface area contributed by atoms with Crippen molar-refractivity contribution in [2.75, 3.05) is 0 Å². The number of hydrogen-bond donors (Lipinski definition) is 3. The van der Waals surface area contributed by atoms with Crippen LogP contribution in [0.15, 0.2) is 85.3 Å². The molecule has 4 rings (SSSR count). The number of aromatic nitrogens is 2. The average molecular weight is 453 g/mol. The Labute approximate surface area is 195 Å². The van der Waals surface area contributed by atoms with Gasteiger partial charge in [0, 0.05) is 41.8 Å². The summed E-state index contributed by atoms with van der Waals surface area (Å²) in [6.07, 6.45) is 5.13. The first-order valence-corrected chi connectivity index (χ1v) is 11.0. The highest BCUT2D eigenvalue weighted by atomic mass is 32.1. The van der Waals surface area contributed by atoms with Crippen molar-refractivity contribution in [2.45, 2.75) is 12.5 Å². The summed E-state index contributed by atoms with van der Waals surface area (Å²) in [4.78, 5) is 22.5. The number of carbonyl (C=O) groups is 1. The van der Waals surface area contributed by atoms with Crippen LogP contribution in [0.2, 0.25) is 0 Å². The molecular formula is C26H20N4O2S. The van der Waals surface area contributed by atoms with E-state index in [0.717, 1.165) is 4.88 Å². The molecule has 0 fully saturated rings. The van der Waals surface area contributed by atoms with Gasteiger partial charge in [-0.05, 0) is 48.2 Å². The van der Waals surface area contributed by atoms with Crippen LogP contribution in [0.4, 0.5) is 0 Å². The Bertz CT molecular complexity index is 1320. The number of pyridine rings is 2. The van der Waals surface area contributed by atoms with E-state index in [4.69, 9.17) is 5.41 Å². The molecule has 33 heavy (non-hydrogen) atoms. The van der Waals surface area contributed by atoms with Crippen LogP contribution in [-0.4, -0.2) is 26.7 Å². The van der Waals surface area contributed by atoms with Crippen molar-refractivity contribution in [3.63, 3.8) is 0 Å². The minimum Gasteiger partial charge on any atom is -0.508 e. The van der Waals surface area contributed by atoms with Crippen LogP contribution in [0.5, 0.6) is 5.75 Å². The zero-order valence-electron chi connectivity index (χ0n) is 17.5. The van der Waals surface area contributed by atoms with E-state index in [2.05, 4.69) is 27.1 Å². The van der Waals surface area contributed by atoms with Crippen LogP contribution >= 0.6 is 11.3 Å². The molecule has 3 heterocycles. The smallest absolute Gasteiger partial charge is 0.261 e. The molecule has 4 aromatic rings. The Balaban J connectivity index is 1.53. The predicted molar refractivity (Wildman–Crippen MR) is 129 cm³/mol. The number of aromatic hydroxyl groups is 1. The van der Waals surface area contributed by atoms with Crippen LogP contribution in [0.3, 0.4) is 0 Å². The van der Waals surface area contributed by atoms with Crippen molar-refractivity contribution in [3.8, 4) is 17.6 Å². The normalized spacial score (nSPS) is 11.2. The molecule has 0 aliphatic heterocycles. The quantitative estimate of drug-likeness (QED) is 0.295. The number of phenolic OH excluding ortho intramolecular Hbond substituents is 1. The van der Waals surface area contributed by atoms with Gasteiger partial charge in [-0.15, -0.1) is 11.3 Å². The number of phenols is 1. The standard InChI is InChI=1S/C26H20N4O2S/c27-22(18-6-5-14-28-17-18)16-23(21-8-1-2-9-24(21)31)30-26(32)25-13-12-20(33-25)11-10-19-7-3-4-15-29-19/h1-9,12-15,17,23,27,31H,16H2,(H,30,32). The highest BCUT2D eigenvalue weighted by Crippen LogP contribution is 2.28. The lowest BCUT2D eigenvalue weighted by atomic mass is 9.97. The van der Waals surface area contributed by atoms with Gasteiger partial charge in [-0.25, -0.2) is 4.98 Å². The van der Waals surface area contributed by atoms with Crippen molar-refractivity contribution in [3.05, 3.63) is 112 Å². The highest BCUT2D eigenvalue weighted by Gasteiger charge is 2.21. The highest BCUT2D eigenvalue weighted by molar-refractivity contribution is 7.14. The minimum absolute atomic E-state index is 0.0647. The molecule has 7 heteroatoms. The number of para-hydroxylation sites is 1. The number of nitrogens with one attached hydrogen (secondary N) is 2. The third kappa shape index (κ3) is 5.70. The van der Waals surface area contributed by atoms with Crippen LogP contribution < -0.4 is 5.32 Å². The second kappa shape index (κ2) is 10.4. The second-order valence-corrected chi connectivity index (χ2v) is 8.22. The summed E-state index contributed by atoms with van der Waals surface area (Å²) in [5.74, 6) is 5.78. The minimum atomic E-state index is -0.587. The number of nitrogens with zero attached hydrogens (tertiary/aromatic N) is 2. The largest absolute Gasteiger partial charge is 0.508 e. The molecule has 162 valence electrons. The molecule has 1 atom stereocenters. The zero-order valence-corrected chi connectivity index (χ0v) is 18.3. The lowest BCUT2D eigenvalue weighted by Crippen LogP contribution is -2.29. The SMILES string of the molecule is N=C(CC(NC(=O)c1ccc(C#Cc2ccccn2)s1)c1ccccc1O)c1cccnc1. The summed E-state index contributed by atoms with van der Waals surface area (Å²) < 4.78 is 0. The maximum Gasteiger partial charge on any atom is 0.261 e. The van der Waals surface area contributed by atoms with Gasteiger partial charge in [-0.1, -0.05) is 30.3 Å². The lowest BCUT2D eigenvalue weighted by molar-refractivity contribution is 0.0941. The number of thiophene rings is 1. The molecule has 1 amide bonds. The van der Waals surface area contributed by atoms with E-state index in [-0.39, 0.29) is 18.1 Å². The van der Waals surface area contributed by atoms with Gasteiger partial charge < -0.3 is 15.8 Å². The van der Waals surface area contributed by atoms with Gasteiger partial charge in [-0.3, -0.25) is 9.78 Å². The van der Waals surface area contributed by atoms with Gasteiger partial charge in [0.25, 0.3) is 5.91 Å². The van der Waals surface area contributed by atoms with Gasteiger partial charge in [0.05, 0.1) is 15.8 Å². The van der Waals surface area contributed by atoms with E-state index in [1.807, 2.05) is 18.2 Å². The molecule has 0 aliphatic carbocycles. The summed E-state index contributed by atoms with van der Waals surface area (Å²) >= 11 is 1.28. The number of carbonyl (C=O) groups excluding carboxylic acids is 1. The van der Waals surface area contributed by atoms with E-state index < -0.39 is 6.04 Å². The number of rotatable bonds is 6. The number of benzene rings is 1. The van der Waals surface area contributed by atoms with Crippen molar-refractivity contribution >= 4 is 23.0 Å². The van der Waals surface area contributed by atoms with Crippen LogP contribution in [0, 0.1) is 17.3 Å². The fraction of sp³-hybridized carbons (Fsp3) is 0.0769. The monoisotopic (exact) mass is 452 g/mol. The van der Waals surface area contributed by atoms with Crippen molar-refractivity contribution < 1.29 is 9.90 Å². The predicted octanol–water partition coefficient (Wildman–Crippen LogP) is 4.57.